The smallest absolute Gasteiger partial charge is 0.169 e. The first-order valence-electron chi connectivity index (χ1n) is 5.23. The van der Waals surface area contributed by atoms with Gasteiger partial charge in [0.15, 0.2) is 5.82 Å². The molecule has 0 aliphatic heterocycles. The molecule has 0 saturated heterocycles. The van der Waals surface area contributed by atoms with Gasteiger partial charge in [-0.2, -0.15) is 0 Å². The second-order valence-electron chi connectivity index (χ2n) is 3.71. The Balaban J connectivity index is 2.31. The molecule has 0 amide bonds. The van der Waals surface area contributed by atoms with Crippen LogP contribution in [0.25, 0.3) is 0 Å². The Hall–Kier alpha value is -1.43. The van der Waals surface area contributed by atoms with Crippen LogP contribution in [0.5, 0.6) is 0 Å². The number of halogens is 2. The highest BCUT2D eigenvalue weighted by Gasteiger charge is 2.09. The van der Waals surface area contributed by atoms with Crippen molar-refractivity contribution in [2.75, 3.05) is 5.73 Å². The molecule has 1 heterocycles. The lowest BCUT2D eigenvalue weighted by Gasteiger charge is -2.06. The normalized spacial score (nSPS) is 10.8. The van der Waals surface area contributed by atoms with Crippen LogP contribution in [0.2, 0.25) is 0 Å². The van der Waals surface area contributed by atoms with Gasteiger partial charge in [0.25, 0.3) is 0 Å². The number of hydrogen-bond acceptors (Lipinski definition) is 3. The molecule has 1 aromatic carbocycles. The predicted octanol–water partition coefficient (Wildman–Crippen LogP) is 2.37. The van der Waals surface area contributed by atoms with Gasteiger partial charge in [-0.05, 0) is 30.2 Å². The Labute approximate surface area is 107 Å². The summed E-state index contributed by atoms with van der Waals surface area (Å²) in [5.41, 5.74) is 7.37. The molecule has 2 aromatic rings. The van der Waals surface area contributed by atoms with Gasteiger partial charge in [0.1, 0.15) is 5.82 Å². The second kappa shape index (κ2) is 4.83. The minimum Gasteiger partial charge on any atom is -0.381 e. The van der Waals surface area contributed by atoms with Crippen LogP contribution >= 0.6 is 15.9 Å². The highest BCUT2D eigenvalue weighted by atomic mass is 79.9. The Morgan fingerprint density at radius 1 is 1.41 bits per heavy atom. The molecule has 0 unspecified atom stereocenters. The monoisotopic (exact) mass is 298 g/mol. The number of anilines is 1. The number of benzene rings is 1. The third-order valence-corrected chi connectivity index (χ3v) is 2.92. The topological polar surface area (TPSA) is 56.7 Å². The van der Waals surface area contributed by atoms with Crippen LogP contribution in [0.1, 0.15) is 18.2 Å². The molecule has 4 nitrogen and oxygen atoms in total. The molecule has 90 valence electrons. The first-order valence-corrected chi connectivity index (χ1v) is 6.02. The lowest BCUT2D eigenvalue weighted by Crippen LogP contribution is -2.07. The Morgan fingerprint density at radius 3 is 2.82 bits per heavy atom. The summed E-state index contributed by atoms with van der Waals surface area (Å²) in [4.78, 5) is 0. The molecule has 0 radical (unpaired) electrons. The molecular formula is C11H12BrFN4. The van der Waals surface area contributed by atoms with Gasteiger partial charge >= 0.3 is 0 Å². The van der Waals surface area contributed by atoms with E-state index >= 15 is 0 Å². The summed E-state index contributed by atoms with van der Waals surface area (Å²) in [5.74, 6) is 0.156. The number of aromatic nitrogens is 3. The Morgan fingerprint density at radius 2 is 2.18 bits per heavy atom. The predicted molar refractivity (Wildman–Crippen MR) is 67.0 cm³/mol. The van der Waals surface area contributed by atoms with Gasteiger partial charge < -0.3 is 5.73 Å². The van der Waals surface area contributed by atoms with Gasteiger partial charge in [-0.25, -0.2) is 9.07 Å². The van der Waals surface area contributed by atoms with Crippen molar-refractivity contribution in [2.24, 2.45) is 0 Å². The summed E-state index contributed by atoms with van der Waals surface area (Å²) >= 11 is 3.26. The molecule has 6 heteroatoms. The zero-order valence-electron chi connectivity index (χ0n) is 9.32. The van der Waals surface area contributed by atoms with E-state index in [1.807, 2.05) is 13.0 Å². The molecule has 0 bridgehead atoms. The third-order valence-electron chi connectivity index (χ3n) is 2.46. The maximum absolute atomic E-state index is 13.2. The van der Waals surface area contributed by atoms with Gasteiger partial charge in [0, 0.05) is 4.47 Å². The average molecular weight is 299 g/mol. The van der Waals surface area contributed by atoms with Crippen LogP contribution in [-0.2, 0) is 13.0 Å². The van der Waals surface area contributed by atoms with E-state index in [1.54, 1.807) is 4.68 Å². The van der Waals surface area contributed by atoms with Gasteiger partial charge in [0.2, 0.25) is 0 Å². The van der Waals surface area contributed by atoms with E-state index in [-0.39, 0.29) is 5.82 Å². The van der Waals surface area contributed by atoms with E-state index in [0.717, 1.165) is 17.7 Å². The molecular weight excluding hydrogens is 287 g/mol. The molecule has 2 rings (SSSR count). The molecule has 0 fully saturated rings. The number of nitrogen functional groups attached to an aromatic ring is 1. The quantitative estimate of drug-likeness (QED) is 0.946. The zero-order valence-corrected chi connectivity index (χ0v) is 10.9. The standard InChI is InChI=1S/C11H12BrFN4/c1-2-10-11(14)15-16-17(10)6-7-3-8(12)5-9(13)4-7/h3-5H,2,6,14H2,1H3. The first kappa shape index (κ1) is 12.0. The molecule has 17 heavy (non-hydrogen) atoms. The van der Waals surface area contributed by atoms with Crippen LogP contribution in [0, 0.1) is 5.82 Å². The zero-order chi connectivity index (χ0) is 12.4. The van der Waals surface area contributed by atoms with E-state index in [4.69, 9.17) is 5.73 Å². The van der Waals surface area contributed by atoms with Crippen molar-refractivity contribution >= 4 is 21.7 Å². The molecule has 0 saturated carbocycles. The molecule has 2 N–H and O–H groups in total. The molecule has 0 spiro atoms. The number of nitrogens with zero attached hydrogens (tertiary/aromatic N) is 3. The Bertz CT molecular complexity index is 518. The van der Waals surface area contributed by atoms with Gasteiger partial charge in [-0.1, -0.05) is 28.1 Å². The van der Waals surface area contributed by atoms with Crippen LogP contribution in [0.4, 0.5) is 10.2 Å². The van der Waals surface area contributed by atoms with E-state index in [1.165, 1.54) is 12.1 Å². The summed E-state index contributed by atoms with van der Waals surface area (Å²) in [6.07, 6.45) is 0.745. The fourth-order valence-electron chi connectivity index (χ4n) is 1.71. The van der Waals surface area contributed by atoms with Crippen molar-refractivity contribution in [2.45, 2.75) is 19.9 Å². The summed E-state index contributed by atoms with van der Waals surface area (Å²) in [5, 5.41) is 7.76. The first-order chi connectivity index (χ1) is 8.10. The highest BCUT2D eigenvalue weighted by molar-refractivity contribution is 9.10. The largest absolute Gasteiger partial charge is 0.381 e. The van der Waals surface area contributed by atoms with Crippen molar-refractivity contribution in [1.29, 1.82) is 0 Å². The highest BCUT2D eigenvalue weighted by Crippen LogP contribution is 2.17. The fraction of sp³-hybridized carbons (Fsp3) is 0.273. The number of nitrogens with two attached hydrogens (primary N) is 1. The van der Waals surface area contributed by atoms with Gasteiger partial charge in [-0.15, -0.1) is 5.10 Å². The minimum atomic E-state index is -0.277. The maximum atomic E-state index is 13.2. The summed E-state index contributed by atoms with van der Waals surface area (Å²) in [6.45, 7) is 2.44. The molecule has 0 aliphatic carbocycles. The average Bonchev–Trinajstić information content (AvgIpc) is 2.57. The van der Waals surface area contributed by atoms with Crippen molar-refractivity contribution in [1.82, 2.24) is 15.0 Å². The van der Waals surface area contributed by atoms with Crippen LogP contribution in [0.3, 0.4) is 0 Å². The van der Waals surface area contributed by atoms with Crippen LogP contribution in [0.15, 0.2) is 22.7 Å². The molecule has 0 aliphatic rings. The molecule has 1 aromatic heterocycles. The van der Waals surface area contributed by atoms with E-state index in [9.17, 15) is 4.39 Å². The van der Waals surface area contributed by atoms with E-state index < -0.39 is 0 Å². The summed E-state index contributed by atoms with van der Waals surface area (Å²) < 4.78 is 15.6. The molecule has 0 atom stereocenters. The summed E-state index contributed by atoms with van der Waals surface area (Å²) in [7, 11) is 0. The van der Waals surface area contributed by atoms with Crippen molar-refractivity contribution in [3.8, 4) is 0 Å². The van der Waals surface area contributed by atoms with Crippen molar-refractivity contribution in [3.05, 3.63) is 39.7 Å². The minimum absolute atomic E-state index is 0.277. The number of rotatable bonds is 3. The van der Waals surface area contributed by atoms with E-state index in [2.05, 4.69) is 26.2 Å². The SMILES string of the molecule is CCc1c(N)nnn1Cc1cc(F)cc(Br)c1. The van der Waals surface area contributed by atoms with Crippen LogP contribution in [-0.4, -0.2) is 15.0 Å². The second-order valence-corrected chi connectivity index (χ2v) is 4.63. The van der Waals surface area contributed by atoms with Gasteiger partial charge in [0.05, 0.1) is 12.2 Å². The van der Waals surface area contributed by atoms with Crippen molar-refractivity contribution in [3.63, 3.8) is 0 Å². The Kier molecular flexibility index (Phi) is 3.42. The fourth-order valence-corrected chi connectivity index (χ4v) is 2.22. The third kappa shape index (κ3) is 2.63. The number of hydrogen-bond donors (Lipinski definition) is 1. The van der Waals surface area contributed by atoms with Gasteiger partial charge in [-0.3, -0.25) is 0 Å². The van der Waals surface area contributed by atoms with Crippen LogP contribution < -0.4 is 5.73 Å². The summed E-state index contributed by atoms with van der Waals surface area (Å²) in [6, 6.07) is 4.74. The van der Waals surface area contributed by atoms with E-state index in [0.29, 0.717) is 16.8 Å². The lowest BCUT2D eigenvalue weighted by molar-refractivity contribution is 0.603. The lowest BCUT2D eigenvalue weighted by atomic mass is 10.2. The maximum Gasteiger partial charge on any atom is 0.169 e. The van der Waals surface area contributed by atoms with Crippen molar-refractivity contribution < 1.29 is 4.39 Å².